The average molecular weight is 4640 g/mol. The number of hydrogen-bond acceptors (Lipinski definition) is 0. The molecule has 0 spiro atoms. The molecule has 0 N–H and O–H groups in total. The van der Waals surface area contributed by atoms with E-state index in [1.54, 1.807) is 0 Å². The van der Waals surface area contributed by atoms with Crippen LogP contribution in [-0.2, 0) is 1700 Å². The summed E-state index contributed by atoms with van der Waals surface area (Å²) in [6.07, 6.45) is 0. The Balaban J connectivity index is 0. The van der Waals surface area contributed by atoms with E-state index in [0.717, 1.165) is 0 Å². The molecule has 0 nitrogen and oxygen atoms in total. The molecule has 0 saturated carbocycles. The molecule has 0 heterocycles. The van der Waals surface area contributed by atoms with Gasteiger partial charge >= 0.3 is 0 Å². The summed E-state index contributed by atoms with van der Waals surface area (Å²) in [5.41, 5.74) is 0. The monoisotopic (exact) mass is 4640 g/mol. The van der Waals surface area contributed by atoms with Crippen LogP contribution in [0.2, 0.25) is 0 Å². The number of hydrogen-bond donors (Lipinski definition) is 0. The van der Waals surface area contributed by atoms with Crippen LogP contribution in [0.3, 0.4) is 0 Å². The summed E-state index contributed by atoms with van der Waals surface area (Å²) in [5, 5.41) is 0. The molecule has 52 heteroatoms. The van der Waals surface area contributed by atoms with Gasteiger partial charge < -0.3 is 7.43 Å². The van der Waals surface area contributed by atoms with Gasteiger partial charge in [0.1, 0.15) is 0 Å². The molecule has 0 aliphatic heterocycles. The van der Waals surface area contributed by atoms with Gasteiger partial charge in [-0.05, 0) is 0 Å². The van der Waals surface area contributed by atoms with Crippen molar-refractivity contribution in [3.05, 3.63) is 7.43 Å². The van der Waals surface area contributed by atoms with Crippen LogP contribution in [0.5, 0.6) is 0 Å². The van der Waals surface area contributed by atoms with Crippen molar-refractivity contribution in [1.29, 1.82) is 0 Å². The van der Waals surface area contributed by atoms with Gasteiger partial charge in [-0.1, -0.05) is 0 Å². The van der Waals surface area contributed by atoms with Crippen molar-refractivity contribution < 1.29 is 1700 Å². The SMILES string of the molecule is [CH3-].[Y].[Y].[Y].[Y].[Y].[Y].[Y].[Y].[Y].[Y].[Y].[Y].[Y].[Y].[Y].[Y].[Y].[Y].[Y].[Y].[Y].[Y].[Y].[Y].[Y].[Y].[Y].[Y].[Y].[Y].[Y].[Y].[Y].[Y].[Y].[Y].[Y].[Y].[Y].[Y].[Y].[Y].[Y].[Y].[Y].[Y].[Y].[Y].[Y].[Y].[Y].[Y]. The van der Waals surface area contributed by atoms with Gasteiger partial charge in [0.2, 0.25) is 0 Å². The minimum Gasteiger partial charge on any atom is -0.358 e. The smallest absolute Gasteiger partial charge is 0 e. The standard InChI is InChI=1S/CH3.52Y/h1H3;;;;;;;;;;;;;;;;;;;;;;;;;;;;;;;;;;;;;;;;;;;;;;;;;;;;/q-1;;;;;;;;;;;;;;;;;;;;;;;;;;;;;;;;;;;;;;;;;;;;;;;;;;;;. The van der Waals surface area contributed by atoms with Crippen molar-refractivity contribution in [2.75, 3.05) is 0 Å². The van der Waals surface area contributed by atoms with E-state index in [1.807, 2.05) is 0 Å². The van der Waals surface area contributed by atoms with Gasteiger partial charge in [0.05, 0.1) is 0 Å². The summed E-state index contributed by atoms with van der Waals surface area (Å²) < 4.78 is 0. The third kappa shape index (κ3) is 383. The zero-order chi connectivity index (χ0) is 0. The van der Waals surface area contributed by atoms with Crippen molar-refractivity contribution in [3.8, 4) is 0 Å². The van der Waals surface area contributed by atoms with E-state index >= 15 is 0 Å². The van der Waals surface area contributed by atoms with E-state index in [2.05, 4.69) is 0 Å². The molecule has 164 valence electrons. The van der Waals surface area contributed by atoms with Crippen LogP contribution < -0.4 is 0 Å². The molecule has 0 unspecified atom stereocenters. The third-order valence-electron chi connectivity index (χ3n) is 0. The van der Waals surface area contributed by atoms with Gasteiger partial charge in [0.15, 0.2) is 0 Å². The van der Waals surface area contributed by atoms with Crippen LogP contribution in [0.4, 0.5) is 0 Å². The summed E-state index contributed by atoms with van der Waals surface area (Å²) >= 11 is 0. The van der Waals surface area contributed by atoms with E-state index in [4.69, 9.17) is 0 Å². The first-order valence-corrected chi connectivity index (χ1v) is 0. The molecule has 52 radical (unpaired) electrons. The average Bonchev–Trinajstić information content (AvgIpc) is 0. The van der Waals surface area contributed by atoms with Crippen molar-refractivity contribution in [2.24, 2.45) is 0 Å². The maximum atomic E-state index is 0. The molecule has 0 aliphatic rings. The normalized spacial score (nSPS) is 0. The Kier molecular flexibility index (Phi) is 2950. The molecule has 0 aromatic heterocycles. The van der Waals surface area contributed by atoms with Crippen LogP contribution in [0.25, 0.3) is 0 Å². The number of rotatable bonds is 0. The van der Waals surface area contributed by atoms with Crippen molar-refractivity contribution in [3.63, 3.8) is 0 Å². The van der Waals surface area contributed by atoms with Gasteiger partial charge in [0.25, 0.3) is 0 Å². The van der Waals surface area contributed by atoms with E-state index < -0.39 is 0 Å². The predicted octanol–water partition coefficient (Wildman–Crippen LogP) is 0.320. The maximum absolute atomic E-state index is 0. The fourth-order valence-corrected chi connectivity index (χ4v) is 0. The molecular formula is CH3Y52-. The Morgan fingerprint density at radius 1 is 0.0377 bits per heavy atom. The molecule has 0 rings (SSSR count). The maximum Gasteiger partial charge on any atom is 0 e. The zero-order valence-corrected chi connectivity index (χ0v) is 179. The molecule has 0 bridgehead atoms. The van der Waals surface area contributed by atoms with Gasteiger partial charge in [-0.2, -0.15) is 0 Å². The Hall–Kier alpha value is 57.4. The fraction of sp³-hybridized carbons (Fsp3) is 0. The van der Waals surface area contributed by atoms with Crippen LogP contribution in [0, 0.1) is 7.43 Å². The Bertz CT molecular complexity index is 7.16. The second-order valence-corrected chi connectivity index (χ2v) is 0. The largest absolute Gasteiger partial charge is 0.358 e. The molecule has 0 fully saturated rings. The zero-order valence-electron chi connectivity index (χ0n) is 31.0. The minimum atomic E-state index is 0. The van der Waals surface area contributed by atoms with Crippen LogP contribution >= 0.6 is 0 Å². The molecular weight excluding hydrogens is 4640 g/mol. The van der Waals surface area contributed by atoms with Crippen LogP contribution in [0.15, 0.2) is 0 Å². The summed E-state index contributed by atoms with van der Waals surface area (Å²) in [5.74, 6) is 0. The van der Waals surface area contributed by atoms with Crippen LogP contribution in [-0.4, -0.2) is 0 Å². The first-order chi connectivity index (χ1) is 0. The summed E-state index contributed by atoms with van der Waals surface area (Å²) in [6.45, 7) is 0. The minimum absolute atomic E-state index is 0. The second-order valence-electron chi connectivity index (χ2n) is 0. The van der Waals surface area contributed by atoms with Gasteiger partial charge in [-0.3, -0.25) is 0 Å². The van der Waals surface area contributed by atoms with E-state index in [-0.39, 0.29) is 1710 Å². The second kappa shape index (κ2) is 390. The Labute approximate surface area is 1640 Å². The first kappa shape index (κ1) is 401. The molecule has 0 aromatic carbocycles. The van der Waals surface area contributed by atoms with Crippen molar-refractivity contribution >= 4 is 0 Å². The third-order valence-corrected chi connectivity index (χ3v) is 0. The molecule has 0 atom stereocenters. The van der Waals surface area contributed by atoms with E-state index in [9.17, 15) is 0 Å². The van der Waals surface area contributed by atoms with E-state index in [1.165, 1.54) is 0 Å². The Morgan fingerprint density at radius 3 is 0.0377 bits per heavy atom. The topological polar surface area (TPSA) is 0 Å². The van der Waals surface area contributed by atoms with Gasteiger partial charge in [0, 0.05) is 1700 Å². The first-order valence-electron chi connectivity index (χ1n) is 0. The van der Waals surface area contributed by atoms with Gasteiger partial charge in [-0.15, -0.1) is 0 Å². The summed E-state index contributed by atoms with van der Waals surface area (Å²) in [7, 11) is 0. The molecule has 53 heavy (non-hydrogen) atoms. The predicted molar refractivity (Wildman–Crippen MR) is 6.41 cm³/mol. The van der Waals surface area contributed by atoms with Crippen molar-refractivity contribution in [1.82, 2.24) is 0 Å². The van der Waals surface area contributed by atoms with Crippen molar-refractivity contribution in [2.45, 2.75) is 0 Å². The molecule has 0 aromatic rings. The molecule has 0 aliphatic carbocycles. The molecule has 0 saturated heterocycles. The Morgan fingerprint density at radius 2 is 0.0377 bits per heavy atom. The summed E-state index contributed by atoms with van der Waals surface area (Å²) in [4.78, 5) is 0. The summed E-state index contributed by atoms with van der Waals surface area (Å²) in [6, 6.07) is 0. The quantitative estimate of drug-likeness (QED) is 0.308. The molecule has 0 amide bonds. The fourth-order valence-electron chi connectivity index (χ4n) is 0. The van der Waals surface area contributed by atoms with Crippen LogP contribution in [0.1, 0.15) is 0 Å². The van der Waals surface area contributed by atoms with E-state index in [0.29, 0.717) is 0 Å². The van der Waals surface area contributed by atoms with Gasteiger partial charge in [-0.25, -0.2) is 0 Å².